The topological polar surface area (TPSA) is 113 Å². The van der Waals surface area contributed by atoms with Crippen molar-refractivity contribution in [1.29, 1.82) is 0 Å². The van der Waals surface area contributed by atoms with E-state index in [1.54, 1.807) is 13.8 Å². The first kappa shape index (κ1) is 15.5. The number of rotatable bonds is 5. The first-order chi connectivity index (χ1) is 9.22. The minimum Gasteiger partial charge on any atom is -0.419 e. The van der Waals surface area contributed by atoms with Gasteiger partial charge in [-0.3, -0.25) is 25.0 Å². The number of nitrogens with zero attached hydrogens (tertiary/aromatic N) is 2. The second kappa shape index (κ2) is 6.04. The number of nitro groups is 2. The van der Waals surface area contributed by atoms with Crippen molar-refractivity contribution in [2.24, 2.45) is 5.92 Å². The lowest BCUT2D eigenvalue weighted by Crippen LogP contribution is -2.12. The second-order valence-corrected chi connectivity index (χ2v) is 4.36. The fourth-order valence-electron chi connectivity index (χ4n) is 1.39. The second-order valence-electron chi connectivity index (χ2n) is 4.36. The number of hydrogen-bond acceptors (Lipinski definition) is 6. The summed E-state index contributed by atoms with van der Waals surface area (Å²) in [7, 11) is 0. The highest BCUT2D eigenvalue weighted by atomic mass is 19.1. The van der Waals surface area contributed by atoms with E-state index in [0.29, 0.717) is 12.1 Å². The predicted octanol–water partition coefficient (Wildman–Crippen LogP) is 2.59. The Bertz CT molecular complexity index is 572. The molecule has 8 nitrogen and oxygen atoms in total. The molecule has 0 atom stereocenters. The van der Waals surface area contributed by atoms with Crippen LogP contribution >= 0.6 is 0 Å². The summed E-state index contributed by atoms with van der Waals surface area (Å²) in [6, 6.07) is 0.891. The molecular weight excluding hydrogens is 275 g/mol. The van der Waals surface area contributed by atoms with Gasteiger partial charge in [-0.15, -0.1) is 0 Å². The van der Waals surface area contributed by atoms with Gasteiger partial charge in [-0.05, 0) is 5.92 Å². The fourth-order valence-corrected chi connectivity index (χ4v) is 1.39. The smallest absolute Gasteiger partial charge is 0.318 e. The number of hydrogen-bond donors (Lipinski definition) is 0. The molecule has 0 N–H and O–H groups in total. The van der Waals surface area contributed by atoms with Crippen molar-refractivity contribution in [3.63, 3.8) is 0 Å². The van der Waals surface area contributed by atoms with Crippen molar-refractivity contribution in [3.8, 4) is 5.75 Å². The quantitative estimate of drug-likeness (QED) is 0.356. The first-order valence-corrected chi connectivity index (χ1v) is 5.55. The van der Waals surface area contributed by atoms with E-state index in [1.807, 2.05) is 0 Å². The fraction of sp³-hybridized carbons (Fsp3) is 0.364. The number of nitro benzene ring substituents is 2. The minimum absolute atomic E-state index is 0.0181. The van der Waals surface area contributed by atoms with E-state index >= 15 is 0 Å². The zero-order valence-corrected chi connectivity index (χ0v) is 10.7. The SMILES string of the molecule is CC(C)CC(=O)Oc1cc(F)c([N+](=O)[O-])cc1[N+](=O)[O-]. The molecule has 1 aromatic carbocycles. The Morgan fingerprint density at radius 2 is 1.80 bits per heavy atom. The monoisotopic (exact) mass is 286 g/mol. The van der Waals surface area contributed by atoms with Crippen LogP contribution < -0.4 is 4.74 Å². The molecule has 108 valence electrons. The highest BCUT2D eigenvalue weighted by molar-refractivity contribution is 5.74. The molecule has 0 saturated heterocycles. The summed E-state index contributed by atoms with van der Waals surface area (Å²) in [5, 5.41) is 21.3. The lowest BCUT2D eigenvalue weighted by atomic mass is 10.1. The van der Waals surface area contributed by atoms with E-state index in [2.05, 4.69) is 0 Å². The molecule has 20 heavy (non-hydrogen) atoms. The van der Waals surface area contributed by atoms with Gasteiger partial charge in [0.25, 0.3) is 0 Å². The summed E-state index contributed by atoms with van der Waals surface area (Å²) in [5.74, 6) is -2.79. The standard InChI is InChI=1S/C11H11FN2O6/c1-6(2)3-11(15)20-10-4-7(12)8(13(16)17)5-9(10)14(18)19/h4-6H,3H2,1-2H3. The van der Waals surface area contributed by atoms with Gasteiger partial charge in [0, 0.05) is 12.5 Å². The maximum Gasteiger partial charge on any atom is 0.318 e. The van der Waals surface area contributed by atoms with Crippen LogP contribution in [0.4, 0.5) is 15.8 Å². The molecule has 1 aromatic rings. The number of ether oxygens (including phenoxy) is 1. The van der Waals surface area contributed by atoms with Crippen LogP contribution in [0.15, 0.2) is 12.1 Å². The van der Waals surface area contributed by atoms with E-state index in [0.717, 1.165) is 0 Å². The molecule has 0 unspecified atom stereocenters. The predicted molar refractivity (Wildman–Crippen MR) is 64.8 cm³/mol. The van der Waals surface area contributed by atoms with E-state index in [-0.39, 0.29) is 12.3 Å². The third kappa shape index (κ3) is 3.70. The summed E-state index contributed by atoms with van der Waals surface area (Å²) in [6.45, 7) is 3.46. The van der Waals surface area contributed by atoms with Crippen LogP contribution in [0.5, 0.6) is 5.75 Å². The van der Waals surface area contributed by atoms with Crippen molar-refractivity contribution in [1.82, 2.24) is 0 Å². The van der Waals surface area contributed by atoms with Crippen molar-refractivity contribution < 1.29 is 23.8 Å². The third-order valence-electron chi connectivity index (χ3n) is 2.22. The Morgan fingerprint density at radius 3 is 2.25 bits per heavy atom. The lowest BCUT2D eigenvalue weighted by Gasteiger charge is -2.07. The van der Waals surface area contributed by atoms with Gasteiger partial charge in [-0.25, -0.2) is 0 Å². The molecule has 0 saturated carbocycles. The van der Waals surface area contributed by atoms with Crippen molar-refractivity contribution in [3.05, 3.63) is 38.2 Å². The van der Waals surface area contributed by atoms with Crippen LogP contribution in [0.3, 0.4) is 0 Å². The van der Waals surface area contributed by atoms with E-state index in [4.69, 9.17) is 4.74 Å². The molecular formula is C11H11FN2O6. The van der Waals surface area contributed by atoms with Gasteiger partial charge in [0.1, 0.15) is 6.07 Å². The van der Waals surface area contributed by atoms with Crippen molar-refractivity contribution >= 4 is 17.3 Å². The molecule has 9 heteroatoms. The van der Waals surface area contributed by atoms with Gasteiger partial charge in [0.2, 0.25) is 11.6 Å². The minimum atomic E-state index is -1.31. The van der Waals surface area contributed by atoms with Crippen LogP contribution in [-0.4, -0.2) is 15.8 Å². The highest BCUT2D eigenvalue weighted by Crippen LogP contribution is 2.33. The average Bonchev–Trinajstić information content (AvgIpc) is 2.26. The number of esters is 1. The summed E-state index contributed by atoms with van der Waals surface area (Å²) in [4.78, 5) is 30.6. The Labute approximate surface area is 112 Å². The van der Waals surface area contributed by atoms with Crippen LogP contribution in [0.2, 0.25) is 0 Å². The summed E-state index contributed by atoms with van der Waals surface area (Å²) in [6.07, 6.45) is -0.0181. The van der Waals surface area contributed by atoms with Crippen LogP contribution in [0.25, 0.3) is 0 Å². The van der Waals surface area contributed by atoms with E-state index < -0.39 is 38.8 Å². The maximum atomic E-state index is 13.4. The first-order valence-electron chi connectivity index (χ1n) is 5.55. The van der Waals surface area contributed by atoms with Gasteiger partial charge in [-0.1, -0.05) is 13.8 Å². The van der Waals surface area contributed by atoms with E-state index in [9.17, 15) is 29.4 Å². The van der Waals surface area contributed by atoms with Crippen LogP contribution in [0.1, 0.15) is 20.3 Å². The molecule has 0 spiro atoms. The molecule has 0 amide bonds. The summed E-state index contributed by atoms with van der Waals surface area (Å²) >= 11 is 0. The van der Waals surface area contributed by atoms with Gasteiger partial charge < -0.3 is 4.74 Å². The molecule has 0 heterocycles. The Hall–Kier alpha value is -2.58. The highest BCUT2D eigenvalue weighted by Gasteiger charge is 2.27. The zero-order valence-electron chi connectivity index (χ0n) is 10.7. The lowest BCUT2D eigenvalue weighted by molar-refractivity contribution is -0.396. The number of benzene rings is 1. The van der Waals surface area contributed by atoms with Gasteiger partial charge in [0.05, 0.1) is 9.85 Å². The van der Waals surface area contributed by atoms with E-state index in [1.165, 1.54) is 0 Å². The summed E-state index contributed by atoms with van der Waals surface area (Å²) in [5.41, 5.74) is -1.89. The Kier molecular flexibility index (Phi) is 4.68. The number of carbonyl (C=O) groups is 1. The van der Waals surface area contributed by atoms with Gasteiger partial charge in [-0.2, -0.15) is 4.39 Å². The van der Waals surface area contributed by atoms with Crippen LogP contribution in [0, 0.1) is 32.0 Å². The number of carbonyl (C=O) groups excluding carboxylic acids is 1. The molecule has 0 aliphatic heterocycles. The summed E-state index contributed by atoms with van der Waals surface area (Å²) < 4.78 is 18.1. The van der Waals surface area contributed by atoms with Gasteiger partial charge >= 0.3 is 17.3 Å². The normalized spacial score (nSPS) is 10.4. The largest absolute Gasteiger partial charge is 0.419 e. The number of halogens is 1. The third-order valence-corrected chi connectivity index (χ3v) is 2.22. The maximum absolute atomic E-state index is 13.4. The molecule has 0 aliphatic carbocycles. The molecule has 1 rings (SSSR count). The van der Waals surface area contributed by atoms with Crippen molar-refractivity contribution in [2.45, 2.75) is 20.3 Å². The molecule has 0 radical (unpaired) electrons. The molecule has 0 bridgehead atoms. The average molecular weight is 286 g/mol. The van der Waals surface area contributed by atoms with Crippen molar-refractivity contribution in [2.75, 3.05) is 0 Å². The van der Waals surface area contributed by atoms with Crippen LogP contribution in [-0.2, 0) is 4.79 Å². The Morgan fingerprint density at radius 1 is 1.25 bits per heavy atom. The van der Waals surface area contributed by atoms with Gasteiger partial charge in [0.15, 0.2) is 0 Å². The Balaban J connectivity index is 3.19. The molecule has 0 aliphatic rings. The molecule has 0 aromatic heterocycles. The molecule has 0 fully saturated rings. The zero-order chi connectivity index (χ0) is 15.4.